The van der Waals surface area contributed by atoms with Gasteiger partial charge in [-0.3, -0.25) is 4.79 Å². The summed E-state index contributed by atoms with van der Waals surface area (Å²) in [4.78, 5) is 10.4. The molecule has 0 spiro atoms. The van der Waals surface area contributed by atoms with Crippen LogP contribution in [0, 0.1) is 0 Å². The number of hydrogen-bond acceptors (Lipinski definition) is 3. The predicted molar refractivity (Wildman–Crippen MR) is 41.8 cm³/mol. The molecule has 0 aromatic heterocycles. The number of carboxylic acids is 1. The van der Waals surface area contributed by atoms with Gasteiger partial charge in [0.2, 0.25) is 0 Å². The number of carbonyl (C=O) groups is 1. The molecule has 0 unspecified atom stereocenters. The Morgan fingerprint density at radius 3 is 2.42 bits per heavy atom. The molecule has 4 nitrogen and oxygen atoms in total. The molecule has 0 aliphatic carbocycles. The normalized spacial score (nSPS) is 33.6. The minimum atomic E-state index is -0.854. The molecule has 12 heavy (non-hydrogen) atoms. The van der Waals surface area contributed by atoms with E-state index in [9.17, 15) is 4.79 Å². The summed E-state index contributed by atoms with van der Waals surface area (Å²) in [6.45, 7) is 5.39. The Morgan fingerprint density at radius 1 is 1.50 bits per heavy atom. The molecule has 1 N–H and O–H groups in total. The Balaban J connectivity index is 2.52. The Hall–Kier alpha value is -0.610. The maximum atomic E-state index is 10.4. The van der Waals surface area contributed by atoms with E-state index in [1.54, 1.807) is 13.8 Å². The standard InChI is InChI=1S/C8H14O4/c1-5-6(4-7(9)10)12-8(2,3)11-5/h5-6H,4H2,1-3H3,(H,9,10)/t5-,6-/m0/s1. The first kappa shape index (κ1) is 9.48. The summed E-state index contributed by atoms with van der Waals surface area (Å²) in [5.41, 5.74) is 0. The Morgan fingerprint density at radius 2 is 2.08 bits per heavy atom. The topological polar surface area (TPSA) is 55.8 Å². The van der Waals surface area contributed by atoms with Gasteiger partial charge in [-0.15, -0.1) is 0 Å². The van der Waals surface area contributed by atoms with Gasteiger partial charge in [-0.1, -0.05) is 0 Å². The SMILES string of the molecule is C[C@@H]1OC(C)(C)O[C@H]1CC(=O)O. The number of carboxylic acid groups (broad SMARTS) is 1. The molecule has 1 aliphatic rings. The largest absolute Gasteiger partial charge is 0.481 e. The van der Waals surface area contributed by atoms with Crippen LogP contribution >= 0.6 is 0 Å². The van der Waals surface area contributed by atoms with E-state index in [2.05, 4.69) is 0 Å². The van der Waals surface area contributed by atoms with Gasteiger partial charge in [0, 0.05) is 0 Å². The molecule has 0 radical (unpaired) electrons. The van der Waals surface area contributed by atoms with E-state index in [1.165, 1.54) is 0 Å². The van der Waals surface area contributed by atoms with Gasteiger partial charge in [-0.25, -0.2) is 0 Å². The minimum Gasteiger partial charge on any atom is -0.481 e. The fourth-order valence-electron chi connectivity index (χ4n) is 1.39. The monoisotopic (exact) mass is 174 g/mol. The third kappa shape index (κ3) is 2.19. The molecule has 0 saturated carbocycles. The van der Waals surface area contributed by atoms with Crippen LogP contribution in [-0.2, 0) is 14.3 Å². The fourth-order valence-corrected chi connectivity index (χ4v) is 1.39. The van der Waals surface area contributed by atoms with E-state index in [0.29, 0.717) is 0 Å². The molecule has 0 aromatic carbocycles. The minimum absolute atomic E-state index is 0.00456. The molecule has 1 rings (SSSR count). The van der Waals surface area contributed by atoms with Gasteiger partial charge in [-0.2, -0.15) is 0 Å². The highest BCUT2D eigenvalue weighted by Gasteiger charge is 2.39. The van der Waals surface area contributed by atoms with Gasteiger partial charge in [0.25, 0.3) is 0 Å². The van der Waals surface area contributed by atoms with Crippen LogP contribution < -0.4 is 0 Å². The van der Waals surface area contributed by atoms with Crippen molar-refractivity contribution >= 4 is 5.97 Å². The zero-order valence-electron chi connectivity index (χ0n) is 7.53. The summed E-state index contributed by atoms with van der Waals surface area (Å²) in [6, 6.07) is 0. The molecule has 1 saturated heterocycles. The van der Waals surface area contributed by atoms with Gasteiger partial charge in [0.05, 0.1) is 18.6 Å². The van der Waals surface area contributed by atoms with Crippen molar-refractivity contribution in [2.24, 2.45) is 0 Å². The van der Waals surface area contributed by atoms with Gasteiger partial charge in [0.15, 0.2) is 5.79 Å². The van der Waals surface area contributed by atoms with Crippen molar-refractivity contribution in [3.63, 3.8) is 0 Å². The van der Waals surface area contributed by atoms with Gasteiger partial charge in [-0.05, 0) is 20.8 Å². The number of hydrogen-bond donors (Lipinski definition) is 1. The van der Waals surface area contributed by atoms with E-state index in [4.69, 9.17) is 14.6 Å². The quantitative estimate of drug-likeness (QED) is 0.678. The van der Waals surface area contributed by atoms with Crippen LogP contribution in [0.25, 0.3) is 0 Å². The van der Waals surface area contributed by atoms with Crippen molar-refractivity contribution in [3.8, 4) is 0 Å². The molecule has 1 heterocycles. The second kappa shape index (κ2) is 3.03. The highest BCUT2D eigenvalue weighted by Crippen LogP contribution is 2.29. The summed E-state index contributed by atoms with van der Waals surface area (Å²) in [6.07, 6.45) is -0.460. The highest BCUT2D eigenvalue weighted by molar-refractivity contribution is 5.67. The Labute approximate surface area is 71.5 Å². The van der Waals surface area contributed by atoms with Crippen LogP contribution in [0.4, 0.5) is 0 Å². The second-order valence-corrected chi connectivity index (χ2v) is 3.48. The predicted octanol–water partition coefficient (Wildman–Crippen LogP) is 1.00. The molecular formula is C8H14O4. The lowest BCUT2D eigenvalue weighted by atomic mass is 10.2. The molecule has 70 valence electrons. The average Bonchev–Trinajstić information content (AvgIpc) is 2.03. The van der Waals surface area contributed by atoms with Gasteiger partial charge in [0.1, 0.15) is 0 Å². The third-order valence-electron chi connectivity index (χ3n) is 1.80. The summed E-state index contributed by atoms with van der Waals surface area (Å²) in [5, 5.41) is 8.53. The lowest BCUT2D eigenvalue weighted by molar-refractivity contribution is -0.152. The summed E-state index contributed by atoms with van der Waals surface area (Å²) in [7, 11) is 0. The number of ether oxygens (including phenoxy) is 2. The van der Waals surface area contributed by atoms with Crippen molar-refractivity contribution in [3.05, 3.63) is 0 Å². The summed E-state index contributed by atoms with van der Waals surface area (Å²) < 4.78 is 10.7. The molecule has 0 bridgehead atoms. The maximum absolute atomic E-state index is 10.4. The summed E-state index contributed by atoms with van der Waals surface area (Å²) in [5.74, 6) is -1.49. The molecule has 0 aromatic rings. The fraction of sp³-hybridized carbons (Fsp3) is 0.875. The molecule has 1 aliphatic heterocycles. The van der Waals surface area contributed by atoms with Crippen molar-refractivity contribution in [2.75, 3.05) is 0 Å². The zero-order valence-corrected chi connectivity index (χ0v) is 7.53. The lowest BCUT2D eigenvalue weighted by Crippen LogP contribution is -2.23. The van der Waals surface area contributed by atoms with Crippen molar-refractivity contribution in [2.45, 2.75) is 45.2 Å². The van der Waals surface area contributed by atoms with Crippen LogP contribution in [0.2, 0.25) is 0 Å². The first-order valence-electron chi connectivity index (χ1n) is 3.98. The van der Waals surface area contributed by atoms with Crippen LogP contribution in [0.1, 0.15) is 27.2 Å². The number of rotatable bonds is 2. The van der Waals surface area contributed by atoms with E-state index < -0.39 is 11.8 Å². The first-order valence-corrected chi connectivity index (χ1v) is 3.98. The first-order chi connectivity index (χ1) is 5.41. The highest BCUT2D eigenvalue weighted by atomic mass is 16.7. The molecule has 4 heteroatoms. The van der Waals surface area contributed by atoms with Gasteiger partial charge >= 0.3 is 5.97 Å². The van der Waals surface area contributed by atoms with E-state index in [0.717, 1.165) is 0 Å². The van der Waals surface area contributed by atoms with Crippen molar-refractivity contribution in [1.82, 2.24) is 0 Å². The van der Waals surface area contributed by atoms with Crippen LogP contribution in [0.15, 0.2) is 0 Å². The van der Waals surface area contributed by atoms with Crippen LogP contribution in [0.3, 0.4) is 0 Å². The smallest absolute Gasteiger partial charge is 0.306 e. The van der Waals surface area contributed by atoms with Crippen LogP contribution in [0.5, 0.6) is 0 Å². The maximum Gasteiger partial charge on any atom is 0.306 e. The second-order valence-electron chi connectivity index (χ2n) is 3.48. The average molecular weight is 174 g/mol. The summed E-state index contributed by atoms with van der Waals surface area (Å²) >= 11 is 0. The zero-order chi connectivity index (χ0) is 9.35. The van der Waals surface area contributed by atoms with E-state index in [-0.39, 0.29) is 18.6 Å². The molecule has 0 amide bonds. The van der Waals surface area contributed by atoms with Crippen LogP contribution in [-0.4, -0.2) is 29.1 Å². The van der Waals surface area contributed by atoms with Gasteiger partial charge < -0.3 is 14.6 Å². The van der Waals surface area contributed by atoms with Crippen molar-refractivity contribution in [1.29, 1.82) is 0 Å². The Bertz CT molecular complexity index is 187. The van der Waals surface area contributed by atoms with E-state index in [1.807, 2.05) is 6.92 Å². The molecule has 1 fully saturated rings. The lowest BCUT2D eigenvalue weighted by Gasteiger charge is -2.16. The van der Waals surface area contributed by atoms with E-state index >= 15 is 0 Å². The third-order valence-corrected chi connectivity index (χ3v) is 1.80. The Kier molecular flexibility index (Phi) is 2.39. The van der Waals surface area contributed by atoms with Crippen molar-refractivity contribution < 1.29 is 19.4 Å². The molecule has 2 atom stereocenters. The number of aliphatic carboxylic acids is 1. The molecular weight excluding hydrogens is 160 g/mol.